The molecule has 2 aromatic heterocycles. The lowest BCUT2D eigenvalue weighted by molar-refractivity contribution is -0.123. The molecule has 3 aromatic rings. The second-order valence-electron chi connectivity index (χ2n) is 6.56. The van der Waals surface area contributed by atoms with Gasteiger partial charge in [-0.25, -0.2) is 9.50 Å². The van der Waals surface area contributed by atoms with Crippen LogP contribution in [0.4, 0.5) is 0 Å². The first kappa shape index (κ1) is 19.2. The number of nitrogens with zero attached hydrogens (tertiary/aromatic N) is 3. The molecule has 0 saturated heterocycles. The number of nitrogens with one attached hydrogen (secondary N) is 1. The van der Waals surface area contributed by atoms with E-state index in [-0.39, 0.29) is 17.7 Å². The fourth-order valence-electron chi connectivity index (χ4n) is 3.15. The summed E-state index contributed by atoms with van der Waals surface area (Å²) in [4.78, 5) is 17.9. The molecule has 0 saturated carbocycles. The summed E-state index contributed by atoms with van der Waals surface area (Å²) >= 11 is 1.55. The highest BCUT2D eigenvalue weighted by Gasteiger charge is 2.25. The molecule has 0 bridgehead atoms. The topological polar surface area (TPSA) is 77.8 Å². The molecule has 0 radical (unpaired) electrons. The smallest absolute Gasteiger partial charge is 0.227 e. The summed E-state index contributed by atoms with van der Waals surface area (Å²) in [6.07, 6.45) is 2.24. The van der Waals surface area contributed by atoms with Gasteiger partial charge in [-0.2, -0.15) is 5.10 Å². The quantitative estimate of drug-likeness (QED) is 0.642. The highest BCUT2D eigenvalue weighted by Crippen LogP contribution is 2.33. The van der Waals surface area contributed by atoms with Crippen LogP contribution in [0, 0.1) is 5.92 Å². The molecule has 2 heterocycles. The molecule has 1 aromatic carbocycles. The van der Waals surface area contributed by atoms with E-state index in [9.17, 15) is 4.79 Å². The van der Waals surface area contributed by atoms with Gasteiger partial charge in [0.1, 0.15) is 6.33 Å². The molecule has 0 aliphatic carbocycles. The minimum atomic E-state index is -0.265. The fraction of sp³-hybridized carbons (Fsp3) is 0.421. The van der Waals surface area contributed by atoms with Gasteiger partial charge >= 0.3 is 0 Å². The minimum absolute atomic E-state index is 0.00211. The van der Waals surface area contributed by atoms with Gasteiger partial charge in [-0.05, 0) is 23.6 Å². The maximum atomic E-state index is 12.9. The first-order valence-electron chi connectivity index (χ1n) is 8.81. The predicted octanol–water partition coefficient (Wildman–Crippen LogP) is 2.91. The Morgan fingerprint density at radius 2 is 2.04 bits per heavy atom. The Morgan fingerprint density at radius 3 is 2.74 bits per heavy atom. The Balaban J connectivity index is 1.69. The van der Waals surface area contributed by atoms with Gasteiger partial charge in [0.05, 0.1) is 25.8 Å². The normalized spacial score (nSPS) is 12.3. The lowest BCUT2D eigenvalue weighted by atomic mass is 9.87. The van der Waals surface area contributed by atoms with Crippen molar-refractivity contribution in [3.8, 4) is 11.5 Å². The van der Waals surface area contributed by atoms with E-state index in [0.29, 0.717) is 24.5 Å². The van der Waals surface area contributed by atoms with Gasteiger partial charge in [-0.3, -0.25) is 4.79 Å². The van der Waals surface area contributed by atoms with Crippen LogP contribution in [0.25, 0.3) is 4.96 Å². The van der Waals surface area contributed by atoms with E-state index < -0.39 is 0 Å². The van der Waals surface area contributed by atoms with Crippen molar-refractivity contribution < 1.29 is 14.3 Å². The first-order chi connectivity index (χ1) is 13.0. The monoisotopic (exact) mass is 388 g/mol. The van der Waals surface area contributed by atoms with Gasteiger partial charge < -0.3 is 14.8 Å². The second-order valence-corrected chi connectivity index (χ2v) is 7.40. The van der Waals surface area contributed by atoms with E-state index in [4.69, 9.17) is 9.47 Å². The van der Waals surface area contributed by atoms with Crippen LogP contribution in [-0.4, -0.2) is 41.3 Å². The zero-order chi connectivity index (χ0) is 19.4. The van der Waals surface area contributed by atoms with Crippen molar-refractivity contribution in [2.75, 3.05) is 20.8 Å². The lowest BCUT2D eigenvalue weighted by Gasteiger charge is -2.22. The van der Waals surface area contributed by atoms with Gasteiger partial charge in [-0.15, -0.1) is 11.3 Å². The van der Waals surface area contributed by atoms with Gasteiger partial charge in [0.25, 0.3) is 0 Å². The third-order valence-corrected chi connectivity index (χ3v) is 5.36. The number of aromatic nitrogens is 3. The summed E-state index contributed by atoms with van der Waals surface area (Å²) in [5.41, 5.74) is 1.95. The fourth-order valence-corrected chi connectivity index (χ4v) is 3.98. The highest BCUT2D eigenvalue weighted by molar-refractivity contribution is 7.15. The van der Waals surface area contributed by atoms with Gasteiger partial charge in [0.2, 0.25) is 10.9 Å². The van der Waals surface area contributed by atoms with Crippen molar-refractivity contribution in [2.24, 2.45) is 5.92 Å². The maximum Gasteiger partial charge on any atom is 0.227 e. The summed E-state index contributed by atoms with van der Waals surface area (Å²) in [6, 6.07) is 5.63. The predicted molar refractivity (Wildman–Crippen MR) is 105 cm³/mol. The van der Waals surface area contributed by atoms with Gasteiger partial charge in [-0.1, -0.05) is 19.9 Å². The van der Waals surface area contributed by atoms with E-state index in [1.165, 1.54) is 0 Å². The standard InChI is InChI=1S/C19H24N4O3S/c1-12(2)17(13-5-6-15(25-3)16(9-13)26-4)18(24)20-8-7-14-10-27-19-21-11-22-23(14)19/h5-6,9-12,17H,7-8H2,1-4H3,(H,20,24). The van der Waals surface area contributed by atoms with Crippen LogP contribution in [0.3, 0.4) is 0 Å². The number of methoxy groups -OCH3 is 2. The number of carbonyl (C=O) groups is 1. The van der Waals surface area contributed by atoms with Crippen LogP contribution in [0.2, 0.25) is 0 Å². The van der Waals surface area contributed by atoms with Crippen molar-refractivity contribution in [2.45, 2.75) is 26.2 Å². The molecule has 0 spiro atoms. The summed E-state index contributed by atoms with van der Waals surface area (Å²) in [5, 5.41) is 9.28. The summed E-state index contributed by atoms with van der Waals surface area (Å²) < 4.78 is 12.5. The van der Waals surface area contributed by atoms with Crippen molar-refractivity contribution in [1.82, 2.24) is 19.9 Å². The molecule has 0 aliphatic heterocycles. The van der Waals surface area contributed by atoms with Crippen LogP contribution in [-0.2, 0) is 11.2 Å². The molecule has 144 valence electrons. The Morgan fingerprint density at radius 1 is 1.26 bits per heavy atom. The number of hydrogen-bond acceptors (Lipinski definition) is 6. The molecule has 0 aliphatic rings. The molecular formula is C19H24N4O3S. The molecule has 1 N–H and O–H groups in total. The second kappa shape index (κ2) is 8.39. The van der Waals surface area contributed by atoms with Crippen LogP contribution in [0.5, 0.6) is 11.5 Å². The van der Waals surface area contributed by atoms with Crippen LogP contribution in [0.1, 0.15) is 31.0 Å². The highest BCUT2D eigenvalue weighted by atomic mass is 32.1. The van der Waals surface area contributed by atoms with Crippen LogP contribution < -0.4 is 14.8 Å². The van der Waals surface area contributed by atoms with Crippen molar-refractivity contribution in [1.29, 1.82) is 0 Å². The third kappa shape index (κ3) is 4.05. The van der Waals surface area contributed by atoms with Crippen LogP contribution >= 0.6 is 11.3 Å². The Kier molecular flexibility index (Phi) is 5.95. The Bertz CT molecular complexity index is 919. The SMILES string of the molecule is COc1ccc(C(C(=O)NCCc2csc3ncnn23)C(C)C)cc1OC. The average Bonchev–Trinajstić information content (AvgIpc) is 3.26. The van der Waals surface area contributed by atoms with E-state index in [1.807, 2.05) is 41.9 Å². The molecule has 0 fully saturated rings. The van der Waals surface area contributed by atoms with E-state index in [0.717, 1.165) is 16.2 Å². The third-order valence-electron chi connectivity index (χ3n) is 4.49. The number of hydrogen-bond donors (Lipinski definition) is 1. The molecule has 1 amide bonds. The van der Waals surface area contributed by atoms with E-state index >= 15 is 0 Å². The minimum Gasteiger partial charge on any atom is -0.493 e. The van der Waals surface area contributed by atoms with Gasteiger partial charge in [0.15, 0.2) is 11.5 Å². The molecular weight excluding hydrogens is 364 g/mol. The molecule has 1 unspecified atom stereocenters. The van der Waals surface area contributed by atoms with E-state index in [2.05, 4.69) is 15.4 Å². The number of carbonyl (C=O) groups excluding carboxylic acids is 1. The molecule has 7 nitrogen and oxygen atoms in total. The summed E-state index contributed by atoms with van der Waals surface area (Å²) in [5.74, 6) is 1.16. The average molecular weight is 388 g/mol. The zero-order valence-corrected chi connectivity index (χ0v) is 16.7. The lowest BCUT2D eigenvalue weighted by Crippen LogP contribution is -2.33. The number of benzene rings is 1. The van der Waals surface area contributed by atoms with Crippen molar-refractivity contribution in [3.63, 3.8) is 0 Å². The number of ether oxygens (including phenoxy) is 2. The molecule has 1 atom stereocenters. The molecule has 3 rings (SSSR count). The summed E-state index contributed by atoms with van der Waals surface area (Å²) in [7, 11) is 3.19. The number of fused-ring (bicyclic) bond motifs is 1. The largest absolute Gasteiger partial charge is 0.493 e. The zero-order valence-electron chi connectivity index (χ0n) is 15.9. The number of thiazole rings is 1. The Hall–Kier alpha value is -2.61. The van der Waals surface area contributed by atoms with Crippen LogP contribution in [0.15, 0.2) is 29.9 Å². The molecule has 8 heteroatoms. The first-order valence-corrected chi connectivity index (χ1v) is 9.68. The number of amides is 1. The summed E-state index contributed by atoms with van der Waals surface area (Å²) in [6.45, 7) is 4.62. The Labute approximate surface area is 162 Å². The van der Waals surface area contributed by atoms with Crippen molar-refractivity contribution >= 4 is 22.2 Å². The van der Waals surface area contributed by atoms with Crippen molar-refractivity contribution in [3.05, 3.63) is 41.2 Å². The number of rotatable bonds is 8. The molecule has 27 heavy (non-hydrogen) atoms. The van der Waals surface area contributed by atoms with E-state index in [1.54, 1.807) is 31.9 Å². The maximum absolute atomic E-state index is 12.9. The van der Waals surface area contributed by atoms with Gasteiger partial charge in [0, 0.05) is 18.3 Å².